The maximum atomic E-state index is 13.4. The van der Waals surface area contributed by atoms with Crippen molar-refractivity contribution in [2.75, 3.05) is 10.2 Å². The van der Waals surface area contributed by atoms with E-state index in [0.717, 1.165) is 37.7 Å². The van der Waals surface area contributed by atoms with Crippen molar-refractivity contribution in [2.45, 2.75) is 39.0 Å². The van der Waals surface area contributed by atoms with Crippen LogP contribution in [0.15, 0.2) is 54.2 Å². The lowest BCUT2D eigenvalue weighted by atomic mass is 9.76. The first-order chi connectivity index (χ1) is 14.4. The van der Waals surface area contributed by atoms with Gasteiger partial charge in [0.15, 0.2) is 0 Å². The molecule has 2 aliphatic rings. The second kappa shape index (κ2) is 8.28. The number of carbonyl (C=O) groups is 2. The zero-order valence-corrected chi connectivity index (χ0v) is 18.2. The van der Waals surface area contributed by atoms with Crippen LogP contribution in [0.5, 0.6) is 0 Å². The summed E-state index contributed by atoms with van der Waals surface area (Å²) in [7, 11) is 0. The van der Waals surface area contributed by atoms with E-state index in [1.165, 1.54) is 0 Å². The summed E-state index contributed by atoms with van der Waals surface area (Å²) in [6, 6.07) is 10.2. The molecule has 1 aromatic carbocycles. The Hall–Kier alpha value is -2.57. The number of benzene rings is 1. The van der Waals surface area contributed by atoms with Crippen LogP contribution in [0.1, 0.15) is 49.5 Å². The number of thiocarbonyl (C=S) groups is 1. The van der Waals surface area contributed by atoms with Gasteiger partial charge in [0.25, 0.3) is 5.91 Å². The Kier molecular flexibility index (Phi) is 5.71. The van der Waals surface area contributed by atoms with Crippen LogP contribution in [-0.2, 0) is 4.79 Å². The Labute approximate surface area is 186 Å². The Morgan fingerprint density at radius 1 is 1.23 bits per heavy atom. The number of aromatic nitrogens is 1. The van der Waals surface area contributed by atoms with E-state index in [9.17, 15) is 9.59 Å². The van der Waals surface area contributed by atoms with Crippen LogP contribution in [0.25, 0.3) is 0 Å². The zero-order chi connectivity index (χ0) is 21.3. The predicted molar refractivity (Wildman–Crippen MR) is 123 cm³/mol. The van der Waals surface area contributed by atoms with Crippen molar-refractivity contribution in [3.8, 4) is 0 Å². The number of fused-ring (bicyclic) bond motifs is 1. The normalized spacial score (nSPS) is 21.5. The van der Waals surface area contributed by atoms with E-state index in [1.54, 1.807) is 47.5 Å². The summed E-state index contributed by atoms with van der Waals surface area (Å²) < 4.78 is 0. The third-order valence-electron chi connectivity index (χ3n) is 5.65. The summed E-state index contributed by atoms with van der Waals surface area (Å²) in [5, 5.41) is 3.14. The summed E-state index contributed by atoms with van der Waals surface area (Å²) in [4.78, 5) is 31.9. The SMILES string of the molecule is CC12C=C(CCCCC1)C(=S)N(c1ccc(NC(=O)c3ccccn3)cc1Cl)C2=O. The number of nitrogens with one attached hydrogen (secondary N) is 1. The molecule has 30 heavy (non-hydrogen) atoms. The standard InChI is InChI=1S/C23H22ClN3O2S/c1-23-11-5-2-3-7-15(14-23)21(30)27(22(23)29)19-10-9-16(13-17(19)24)26-20(28)18-8-4-6-12-25-18/h4,6,8-10,12-14H,2-3,5,7,11H2,1H3,(H,26,28). The molecule has 2 aromatic rings. The average molecular weight is 440 g/mol. The molecule has 2 heterocycles. The van der Waals surface area contributed by atoms with Crippen LogP contribution in [0, 0.1) is 5.41 Å². The van der Waals surface area contributed by atoms with Crippen LogP contribution >= 0.6 is 23.8 Å². The van der Waals surface area contributed by atoms with Crippen molar-refractivity contribution in [3.05, 3.63) is 65.0 Å². The fourth-order valence-corrected chi connectivity index (χ4v) is 4.63. The van der Waals surface area contributed by atoms with Crippen LogP contribution in [0.3, 0.4) is 0 Å². The first kappa shape index (κ1) is 20.7. The molecule has 1 unspecified atom stereocenters. The first-order valence-electron chi connectivity index (χ1n) is 10.0. The topological polar surface area (TPSA) is 62.3 Å². The lowest BCUT2D eigenvalue weighted by Gasteiger charge is -2.40. The number of halogens is 1. The number of hydrogen-bond acceptors (Lipinski definition) is 4. The van der Waals surface area contributed by atoms with E-state index < -0.39 is 5.41 Å². The largest absolute Gasteiger partial charge is 0.321 e. The van der Waals surface area contributed by atoms with Gasteiger partial charge < -0.3 is 5.32 Å². The van der Waals surface area contributed by atoms with Crippen molar-refractivity contribution in [3.63, 3.8) is 0 Å². The van der Waals surface area contributed by atoms with Gasteiger partial charge in [0.05, 0.1) is 16.1 Å². The maximum Gasteiger partial charge on any atom is 0.274 e. The van der Waals surface area contributed by atoms with Crippen LogP contribution < -0.4 is 10.2 Å². The molecule has 5 nitrogen and oxygen atoms in total. The highest BCUT2D eigenvalue weighted by atomic mass is 35.5. The lowest BCUT2D eigenvalue weighted by Crippen LogP contribution is -2.49. The van der Waals surface area contributed by atoms with Gasteiger partial charge >= 0.3 is 0 Å². The molecule has 2 amide bonds. The molecule has 1 aliphatic carbocycles. The molecule has 1 atom stereocenters. The van der Waals surface area contributed by atoms with Crippen molar-refractivity contribution < 1.29 is 9.59 Å². The molecule has 1 N–H and O–H groups in total. The van der Waals surface area contributed by atoms with E-state index in [0.29, 0.717) is 27.1 Å². The summed E-state index contributed by atoms with van der Waals surface area (Å²) in [5.41, 5.74) is 1.84. The molecule has 2 bridgehead atoms. The van der Waals surface area contributed by atoms with Gasteiger partial charge in [-0.05, 0) is 62.1 Å². The predicted octanol–water partition coefficient (Wildman–Crippen LogP) is 5.56. The van der Waals surface area contributed by atoms with Gasteiger partial charge in [-0.15, -0.1) is 0 Å². The maximum absolute atomic E-state index is 13.4. The Bertz CT molecular complexity index is 1050. The van der Waals surface area contributed by atoms with Gasteiger partial charge in [-0.1, -0.05) is 48.8 Å². The van der Waals surface area contributed by atoms with E-state index in [1.807, 2.05) is 6.92 Å². The molecule has 0 saturated heterocycles. The van der Waals surface area contributed by atoms with Gasteiger partial charge in [0.1, 0.15) is 10.7 Å². The van der Waals surface area contributed by atoms with E-state index in [2.05, 4.69) is 16.4 Å². The van der Waals surface area contributed by atoms with Gasteiger partial charge in [-0.3, -0.25) is 19.5 Å². The van der Waals surface area contributed by atoms with Gasteiger partial charge in [0.2, 0.25) is 5.91 Å². The second-order valence-corrected chi connectivity index (χ2v) is 8.72. The molecule has 1 aliphatic heterocycles. The van der Waals surface area contributed by atoms with Gasteiger partial charge in [-0.25, -0.2) is 0 Å². The minimum absolute atomic E-state index is 0.0506. The molecular weight excluding hydrogens is 418 g/mol. The average Bonchev–Trinajstić information content (AvgIpc) is 2.72. The molecule has 7 heteroatoms. The van der Waals surface area contributed by atoms with Gasteiger partial charge in [0, 0.05) is 11.9 Å². The molecule has 0 radical (unpaired) electrons. The highest BCUT2D eigenvalue weighted by molar-refractivity contribution is 7.81. The fourth-order valence-electron chi connectivity index (χ4n) is 4.02. The Morgan fingerprint density at radius 3 is 2.80 bits per heavy atom. The summed E-state index contributed by atoms with van der Waals surface area (Å²) in [5.74, 6) is -0.380. The van der Waals surface area contributed by atoms with E-state index in [4.69, 9.17) is 23.8 Å². The third kappa shape index (κ3) is 3.89. The van der Waals surface area contributed by atoms with Crippen LogP contribution in [0.4, 0.5) is 11.4 Å². The number of anilines is 2. The highest BCUT2D eigenvalue weighted by Crippen LogP contribution is 2.42. The van der Waals surface area contributed by atoms with Crippen molar-refractivity contribution >= 4 is 52.0 Å². The Morgan fingerprint density at radius 2 is 2.07 bits per heavy atom. The van der Waals surface area contributed by atoms with Gasteiger partial charge in [-0.2, -0.15) is 0 Å². The number of carbonyl (C=O) groups excluding carboxylic acids is 2. The van der Waals surface area contributed by atoms with E-state index >= 15 is 0 Å². The number of pyridine rings is 1. The Balaban J connectivity index is 1.63. The molecule has 0 saturated carbocycles. The van der Waals surface area contributed by atoms with E-state index in [-0.39, 0.29) is 11.8 Å². The van der Waals surface area contributed by atoms with Crippen LogP contribution in [0.2, 0.25) is 5.02 Å². The molecule has 4 rings (SSSR count). The quantitative estimate of drug-likeness (QED) is 0.636. The monoisotopic (exact) mass is 439 g/mol. The summed E-state index contributed by atoms with van der Waals surface area (Å²) >= 11 is 12.2. The fraction of sp³-hybridized carbons (Fsp3) is 0.304. The highest BCUT2D eigenvalue weighted by Gasteiger charge is 2.42. The van der Waals surface area contributed by atoms with Crippen molar-refractivity contribution in [2.24, 2.45) is 5.41 Å². The molecule has 154 valence electrons. The molecular formula is C23H22ClN3O2S. The number of amides is 2. The zero-order valence-electron chi connectivity index (χ0n) is 16.7. The minimum Gasteiger partial charge on any atom is -0.321 e. The lowest BCUT2D eigenvalue weighted by molar-refractivity contribution is -0.124. The number of hydrogen-bond donors (Lipinski definition) is 1. The third-order valence-corrected chi connectivity index (χ3v) is 6.40. The van der Waals surface area contributed by atoms with Crippen LogP contribution in [-0.4, -0.2) is 21.8 Å². The van der Waals surface area contributed by atoms with Crippen molar-refractivity contribution in [1.82, 2.24) is 4.98 Å². The summed E-state index contributed by atoms with van der Waals surface area (Å²) in [6.45, 7) is 1.98. The second-order valence-electron chi connectivity index (χ2n) is 7.93. The smallest absolute Gasteiger partial charge is 0.274 e. The first-order valence-corrected chi connectivity index (χ1v) is 10.8. The number of rotatable bonds is 3. The summed E-state index contributed by atoms with van der Waals surface area (Å²) in [6.07, 6.45) is 8.47. The molecule has 1 aromatic heterocycles. The minimum atomic E-state index is -0.576. The number of nitrogens with zero attached hydrogens (tertiary/aromatic N) is 2. The molecule has 0 fully saturated rings. The molecule has 0 spiro atoms. The van der Waals surface area contributed by atoms with Crippen molar-refractivity contribution in [1.29, 1.82) is 0 Å².